The van der Waals surface area contributed by atoms with Crippen molar-refractivity contribution in [1.29, 1.82) is 0 Å². The van der Waals surface area contributed by atoms with Crippen molar-refractivity contribution in [3.63, 3.8) is 0 Å². The lowest BCUT2D eigenvalue weighted by molar-refractivity contribution is -0.143. The molecule has 0 aromatic heterocycles. The molecular weight excluding hydrogens is 308 g/mol. The first-order valence-corrected chi connectivity index (χ1v) is 8.42. The molecule has 1 aromatic rings. The van der Waals surface area contributed by atoms with Gasteiger partial charge in [-0.05, 0) is 12.0 Å². The summed E-state index contributed by atoms with van der Waals surface area (Å²) in [5.74, 6) is -1.60. The molecule has 1 heterocycles. The van der Waals surface area contributed by atoms with Crippen LogP contribution in [0.2, 0.25) is 0 Å². The predicted octanol–water partition coefficient (Wildman–Crippen LogP) is 2.61. The normalized spacial score (nSPS) is 17.4. The van der Waals surface area contributed by atoms with Crippen molar-refractivity contribution in [3.8, 4) is 0 Å². The van der Waals surface area contributed by atoms with Crippen LogP contribution in [0.25, 0.3) is 0 Å². The Morgan fingerprint density at radius 2 is 1.92 bits per heavy atom. The average molecular weight is 331 g/mol. The van der Waals surface area contributed by atoms with E-state index in [0.29, 0.717) is 6.42 Å². The first-order chi connectivity index (χ1) is 11.5. The van der Waals surface area contributed by atoms with Gasteiger partial charge in [-0.3, -0.25) is 19.3 Å². The van der Waals surface area contributed by atoms with Crippen LogP contribution in [0.1, 0.15) is 51.0 Å². The smallest absolute Gasteiger partial charge is 0.252 e. The lowest BCUT2D eigenvalue weighted by Gasteiger charge is -2.33. The van der Waals surface area contributed by atoms with Crippen molar-refractivity contribution >= 4 is 17.7 Å². The second-order valence-corrected chi connectivity index (χ2v) is 6.05. The van der Waals surface area contributed by atoms with Gasteiger partial charge < -0.3 is 10.3 Å². The van der Waals surface area contributed by atoms with Crippen LogP contribution in [-0.2, 0) is 20.9 Å². The Balaban J connectivity index is 1.93. The number of hydrogen-bond acceptors (Lipinski definition) is 4. The van der Waals surface area contributed by atoms with Gasteiger partial charge in [-0.1, -0.05) is 56.5 Å². The maximum atomic E-state index is 12.4. The molecule has 1 fully saturated rings. The monoisotopic (exact) mass is 331 g/mol. The van der Waals surface area contributed by atoms with Crippen LogP contribution in [0.4, 0.5) is 0 Å². The van der Waals surface area contributed by atoms with Crippen LogP contribution in [0.3, 0.4) is 0 Å². The van der Waals surface area contributed by atoms with Crippen molar-refractivity contribution in [2.75, 3.05) is 0 Å². The van der Waals surface area contributed by atoms with Gasteiger partial charge in [0.1, 0.15) is 6.04 Å². The highest BCUT2D eigenvalue weighted by Gasteiger charge is 2.40. The van der Waals surface area contributed by atoms with Gasteiger partial charge in [0.15, 0.2) is 0 Å². The molecule has 0 aliphatic carbocycles. The number of imide groups is 1. The van der Waals surface area contributed by atoms with Gasteiger partial charge in [-0.15, -0.1) is 0 Å². The van der Waals surface area contributed by atoms with E-state index in [2.05, 4.69) is 6.92 Å². The van der Waals surface area contributed by atoms with Crippen molar-refractivity contribution in [3.05, 3.63) is 41.1 Å². The molecule has 0 radical (unpaired) electrons. The topological polar surface area (TPSA) is 80.8 Å². The number of rotatable bonds is 8. The van der Waals surface area contributed by atoms with Crippen molar-refractivity contribution in [2.45, 2.75) is 58.0 Å². The molecule has 1 saturated heterocycles. The number of hydrogen-bond donors (Lipinski definition) is 0. The third kappa shape index (κ3) is 4.41. The Kier molecular flexibility index (Phi) is 6.49. The first-order valence-electron chi connectivity index (χ1n) is 8.42. The minimum absolute atomic E-state index is 0.125. The number of nitrogens with zero attached hydrogens (tertiary/aromatic N) is 2. The van der Waals surface area contributed by atoms with Crippen molar-refractivity contribution in [1.82, 2.24) is 9.96 Å². The number of likely N-dealkylation sites (tertiary alicyclic amines) is 1. The number of hydroxylamine groups is 2. The summed E-state index contributed by atoms with van der Waals surface area (Å²) >= 11 is 0. The summed E-state index contributed by atoms with van der Waals surface area (Å²) in [7, 11) is 0. The summed E-state index contributed by atoms with van der Waals surface area (Å²) in [6.07, 6.45) is 3.47. The second kappa shape index (κ2) is 8.59. The SMILES string of the molecule is CCCCCCC(=O)N([O-])[C@@H]1CC(=O)N(Cc2ccccc2)C1=O. The van der Waals surface area contributed by atoms with Crippen LogP contribution < -0.4 is 0 Å². The van der Waals surface area contributed by atoms with Gasteiger partial charge in [0.2, 0.25) is 11.8 Å². The Morgan fingerprint density at radius 1 is 1.21 bits per heavy atom. The van der Waals surface area contributed by atoms with Crippen LogP contribution in [0.5, 0.6) is 0 Å². The number of carbonyl (C=O) groups excluding carboxylic acids is 3. The van der Waals surface area contributed by atoms with Gasteiger partial charge in [0.25, 0.3) is 5.91 Å². The molecule has 0 unspecified atom stereocenters. The van der Waals surface area contributed by atoms with Gasteiger partial charge in [-0.2, -0.15) is 0 Å². The zero-order chi connectivity index (χ0) is 17.5. The third-order valence-corrected chi connectivity index (χ3v) is 4.18. The van der Waals surface area contributed by atoms with Crippen LogP contribution in [0, 0.1) is 5.21 Å². The molecule has 0 saturated carbocycles. The highest BCUT2D eigenvalue weighted by molar-refractivity contribution is 6.06. The summed E-state index contributed by atoms with van der Waals surface area (Å²) in [4.78, 5) is 37.4. The highest BCUT2D eigenvalue weighted by Crippen LogP contribution is 2.21. The van der Waals surface area contributed by atoms with E-state index in [1.807, 2.05) is 30.3 Å². The van der Waals surface area contributed by atoms with E-state index in [1.54, 1.807) is 0 Å². The Labute approximate surface area is 142 Å². The van der Waals surface area contributed by atoms with Crippen LogP contribution >= 0.6 is 0 Å². The molecule has 1 aromatic carbocycles. The first kappa shape index (κ1) is 18.1. The largest absolute Gasteiger partial charge is 0.756 e. The van der Waals surface area contributed by atoms with Gasteiger partial charge in [0.05, 0.1) is 13.0 Å². The molecule has 1 atom stereocenters. The van der Waals surface area contributed by atoms with E-state index in [-0.39, 0.29) is 24.4 Å². The van der Waals surface area contributed by atoms with E-state index < -0.39 is 23.8 Å². The molecule has 0 bridgehead atoms. The molecule has 6 nitrogen and oxygen atoms in total. The molecule has 6 heteroatoms. The fraction of sp³-hybridized carbons (Fsp3) is 0.500. The average Bonchev–Trinajstić information content (AvgIpc) is 2.87. The van der Waals surface area contributed by atoms with E-state index in [9.17, 15) is 19.6 Å². The molecular formula is C18H23N2O4-. The third-order valence-electron chi connectivity index (χ3n) is 4.18. The van der Waals surface area contributed by atoms with Crippen molar-refractivity contribution < 1.29 is 14.4 Å². The fourth-order valence-electron chi connectivity index (χ4n) is 2.77. The number of carbonyl (C=O) groups is 3. The minimum atomic E-state index is -1.21. The van der Waals surface area contributed by atoms with Gasteiger partial charge in [-0.25, -0.2) is 0 Å². The second-order valence-electron chi connectivity index (χ2n) is 6.05. The zero-order valence-corrected chi connectivity index (χ0v) is 13.9. The molecule has 1 aliphatic heterocycles. The maximum Gasteiger partial charge on any atom is 0.252 e. The minimum Gasteiger partial charge on any atom is -0.756 e. The van der Waals surface area contributed by atoms with Crippen LogP contribution in [-0.4, -0.2) is 33.7 Å². The molecule has 1 aliphatic rings. The van der Waals surface area contributed by atoms with Crippen LogP contribution in [0.15, 0.2) is 30.3 Å². The molecule has 24 heavy (non-hydrogen) atoms. The van der Waals surface area contributed by atoms with Gasteiger partial charge >= 0.3 is 0 Å². The highest BCUT2D eigenvalue weighted by atomic mass is 16.5. The molecule has 2 rings (SSSR count). The van der Waals surface area contributed by atoms with Crippen molar-refractivity contribution in [2.24, 2.45) is 0 Å². The molecule has 130 valence electrons. The molecule has 0 spiro atoms. The summed E-state index contributed by atoms with van der Waals surface area (Å²) in [5, 5.41) is 12.3. The van der Waals surface area contributed by atoms with E-state index >= 15 is 0 Å². The van der Waals surface area contributed by atoms with Gasteiger partial charge in [0, 0.05) is 6.42 Å². The lowest BCUT2D eigenvalue weighted by atomic mass is 10.1. The quantitative estimate of drug-likeness (QED) is 0.416. The number of benzene rings is 1. The summed E-state index contributed by atoms with van der Waals surface area (Å²) in [5.41, 5.74) is 0.809. The summed E-state index contributed by atoms with van der Waals surface area (Å²) < 4.78 is 0. The standard InChI is InChI=1S/C18H23N2O4/c1-2-3-4-8-11-16(21)20(24)15-12-17(22)19(18(15)23)13-14-9-6-5-7-10-14/h5-7,9-10,15H,2-4,8,11-13H2,1H3/q-1/t15-/m1/s1. The summed E-state index contributed by atoms with van der Waals surface area (Å²) in [6, 6.07) is 7.88. The predicted molar refractivity (Wildman–Crippen MR) is 89.4 cm³/mol. The Morgan fingerprint density at radius 3 is 2.58 bits per heavy atom. The Bertz CT molecular complexity index is 588. The molecule has 0 N–H and O–H groups in total. The number of amides is 3. The fourth-order valence-corrected chi connectivity index (χ4v) is 2.77. The Hall–Kier alpha value is -2.21. The lowest BCUT2D eigenvalue weighted by Crippen LogP contribution is -2.41. The number of unbranched alkanes of at least 4 members (excludes halogenated alkanes) is 3. The maximum absolute atomic E-state index is 12.4. The van der Waals surface area contributed by atoms with E-state index in [1.165, 1.54) is 0 Å². The summed E-state index contributed by atoms with van der Waals surface area (Å²) in [6.45, 7) is 2.19. The molecule has 3 amide bonds. The zero-order valence-electron chi connectivity index (χ0n) is 13.9. The van der Waals surface area contributed by atoms with E-state index in [4.69, 9.17) is 0 Å². The van der Waals surface area contributed by atoms with E-state index in [0.717, 1.165) is 29.7 Å².